The third-order valence-electron chi connectivity index (χ3n) is 3.12. The molecule has 4 heteroatoms. The number of aromatic nitrogens is 2. The molecule has 96 valence electrons. The van der Waals surface area contributed by atoms with Gasteiger partial charge in [0.05, 0.1) is 17.1 Å². The van der Waals surface area contributed by atoms with Crippen LogP contribution in [0, 0.1) is 0 Å². The highest BCUT2D eigenvalue weighted by Crippen LogP contribution is 2.29. The highest BCUT2D eigenvalue weighted by molar-refractivity contribution is 7.09. The van der Waals surface area contributed by atoms with E-state index in [0.717, 1.165) is 12.1 Å². The number of rotatable bonds is 4. The standard InChI is InChI=1S/C15H15N3S/c1-2-17-15(13-9-16-10-19-13)12-7-3-5-11-6-4-8-18-14(11)12/h3-10,15,17H,2H2,1H3. The van der Waals surface area contributed by atoms with Gasteiger partial charge in [-0.3, -0.25) is 9.97 Å². The molecule has 0 radical (unpaired) electrons. The highest BCUT2D eigenvalue weighted by atomic mass is 32.1. The number of para-hydroxylation sites is 1. The molecule has 0 saturated heterocycles. The number of benzene rings is 1. The van der Waals surface area contributed by atoms with E-state index in [1.165, 1.54) is 15.8 Å². The maximum Gasteiger partial charge on any atom is 0.0794 e. The average molecular weight is 269 g/mol. The van der Waals surface area contributed by atoms with Crippen LogP contribution in [-0.2, 0) is 0 Å². The second-order valence-corrected chi connectivity index (χ2v) is 5.23. The molecule has 0 aliphatic carbocycles. The Labute approximate surface area is 116 Å². The van der Waals surface area contributed by atoms with E-state index in [9.17, 15) is 0 Å². The third-order valence-corrected chi connectivity index (χ3v) is 3.96. The molecule has 1 unspecified atom stereocenters. The minimum absolute atomic E-state index is 0.163. The maximum atomic E-state index is 4.54. The van der Waals surface area contributed by atoms with Crippen LogP contribution in [0.2, 0.25) is 0 Å². The second kappa shape index (κ2) is 5.47. The van der Waals surface area contributed by atoms with E-state index >= 15 is 0 Å². The normalized spacial score (nSPS) is 12.7. The Kier molecular flexibility index (Phi) is 3.53. The van der Waals surface area contributed by atoms with Gasteiger partial charge >= 0.3 is 0 Å². The van der Waals surface area contributed by atoms with Crippen LogP contribution >= 0.6 is 11.3 Å². The fourth-order valence-electron chi connectivity index (χ4n) is 2.30. The number of fused-ring (bicyclic) bond motifs is 1. The topological polar surface area (TPSA) is 37.8 Å². The van der Waals surface area contributed by atoms with Crippen LogP contribution < -0.4 is 5.32 Å². The molecule has 1 N–H and O–H groups in total. The van der Waals surface area contributed by atoms with Gasteiger partial charge in [0, 0.05) is 28.2 Å². The van der Waals surface area contributed by atoms with Crippen molar-refractivity contribution in [2.75, 3.05) is 6.54 Å². The number of thiazole rings is 1. The van der Waals surface area contributed by atoms with Crippen molar-refractivity contribution in [3.8, 4) is 0 Å². The van der Waals surface area contributed by atoms with Gasteiger partial charge in [-0.1, -0.05) is 31.2 Å². The van der Waals surface area contributed by atoms with Crippen molar-refractivity contribution in [2.24, 2.45) is 0 Å². The van der Waals surface area contributed by atoms with Crippen LogP contribution in [0.1, 0.15) is 23.4 Å². The van der Waals surface area contributed by atoms with Crippen molar-refractivity contribution >= 4 is 22.2 Å². The summed E-state index contributed by atoms with van der Waals surface area (Å²) in [5.74, 6) is 0. The summed E-state index contributed by atoms with van der Waals surface area (Å²) in [6, 6.07) is 10.6. The van der Waals surface area contributed by atoms with Crippen molar-refractivity contribution in [3.05, 3.63) is 58.7 Å². The molecule has 3 rings (SSSR count). The summed E-state index contributed by atoms with van der Waals surface area (Å²) in [5.41, 5.74) is 4.15. The van der Waals surface area contributed by atoms with E-state index < -0.39 is 0 Å². The largest absolute Gasteiger partial charge is 0.306 e. The molecule has 1 atom stereocenters. The molecule has 2 aromatic heterocycles. The second-order valence-electron chi connectivity index (χ2n) is 4.32. The van der Waals surface area contributed by atoms with Gasteiger partial charge in [-0.2, -0.15) is 0 Å². The summed E-state index contributed by atoms with van der Waals surface area (Å²) in [6.07, 6.45) is 3.78. The lowest BCUT2D eigenvalue weighted by Gasteiger charge is -2.17. The molecule has 3 aromatic rings. The molecule has 0 spiro atoms. The molecule has 0 amide bonds. The number of hydrogen-bond donors (Lipinski definition) is 1. The lowest BCUT2D eigenvalue weighted by atomic mass is 10.0. The van der Waals surface area contributed by atoms with E-state index in [1.807, 2.05) is 24.0 Å². The lowest BCUT2D eigenvalue weighted by Crippen LogP contribution is -2.21. The van der Waals surface area contributed by atoms with Gasteiger partial charge in [0.2, 0.25) is 0 Å². The Balaban J connectivity index is 2.15. The predicted molar refractivity (Wildman–Crippen MR) is 79.4 cm³/mol. The van der Waals surface area contributed by atoms with Gasteiger partial charge in [-0.05, 0) is 12.6 Å². The average Bonchev–Trinajstić information content (AvgIpc) is 2.98. The van der Waals surface area contributed by atoms with Crippen molar-refractivity contribution < 1.29 is 0 Å². The first-order valence-corrected chi connectivity index (χ1v) is 7.23. The monoisotopic (exact) mass is 269 g/mol. The maximum absolute atomic E-state index is 4.54. The highest BCUT2D eigenvalue weighted by Gasteiger charge is 2.17. The summed E-state index contributed by atoms with van der Waals surface area (Å²) in [4.78, 5) is 9.95. The first kappa shape index (κ1) is 12.3. The predicted octanol–water partition coefficient (Wildman–Crippen LogP) is 3.39. The summed E-state index contributed by atoms with van der Waals surface area (Å²) in [5, 5.41) is 4.70. The Morgan fingerprint density at radius 3 is 2.95 bits per heavy atom. The van der Waals surface area contributed by atoms with Crippen LogP contribution in [0.25, 0.3) is 10.9 Å². The van der Waals surface area contributed by atoms with Crippen molar-refractivity contribution in [2.45, 2.75) is 13.0 Å². The summed E-state index contributed by atoms with van der Waals surface area (Å²) >= 11 is 1.67. The minimum Gasteiger partial charge on any atom is -0.306 e. The summed E-state index contributed by atoms with van der Waals surface area (Å²) < 4.78 is 0. The van der Waals surface area contributed by atoms with Crippen molar-refractivity contribution in [1.82, 2.24) is 15.3 Å². The zero-order valence-electron chi connectivity index (χ0n) is 10.7. The molecular formula is C15H15N3S. The Morgan fingerprint density at radius 2 is 2.16 bits per heavy atom. The number of hydrogen-bond acceptors (Lipinski definition) is 4. The molecule has 0 fully saturated rings. The Bertz CT molecular complexity index is 659. The smallest absolute Gasteiger partial charge is 0.0794 e. The number of nitrogens with one attached hydrogen (secondary N) is 1. The molecule has 0 saturated carbocycles. The first-order chi connectivity index (χ1) is 9.40. The van der Waals surface area contributed by atoms with Gasteiger partial charge < -0.3 is 5.32 Å². The summed E-state index contributed by atoms with van der Waals surface area (Å²) in [7, 11) is 0. The lowest BCUT2D eigenvalue weighted by molar-refractivity contribution is 0.641. The summed E-state index contributed by atoms with van der Waals surface area (Å²) in [6.45, 7) is 3.03. The van der Waals surface area contributed by atoms with E-state index in [-0.39, 0.29) is 6.04 Å². The van der Waals surface area contributed by atoms with Crippen molar-refractivity contribution in [1.29, 1.82) is 0 Å². The van der Waals surface area contributed by atoms with Crippen LogP contribution in [0.4, 0.5) is 0 Å². The van der Waals surface area contributed by atoms with E-state index in [0.29, 0.717) is 0 Å². The van der Waals surface area contributed by atoms with Crippen LogP contribution in [-0.4, -0.2) is 16.5 Å². The molecular weight excluding hydrogens is 254 g/mol. The van der Waals surface area contributed by atoms with Crippen LogP contribution in [0.3, 0.4) is 0 Å². The zero-order chi connectivity index (χ0) is 13.1. The quantitative estimate of drug-likeness (QED) is 0.789. The Hall–Kier alpha value is -1.78. The molecule has 1 aromatic carbocycles. The van der Waals surface area contributed by atoms with Crippen LogP contribution in [0.15, 0.2) is 48.2 Å². The fourth-order valence-corrected chi connectivity index (χ4v) is 3.01. The first-order valence-electron chi connectivity index (χ1n) is 6.35. The molecule has 0 bridgehead atoms. The van der Waals surface area contributed by atoms with E-state index in [1.54, 1.807) is 11.3 Å². The number of pyridine rings is 1. The molecule has 3 nitrogen and oxygen atoms in total. The minimum atomic E-state index is 0.163. The van der Waals surface area contributed by atoms with Gasteiger partial charge in [0.15, 0.2) is 0 Å². The van der Waals surface area contributed by atoms with E-state index in [2.05, 4.69) is 46.5 Å². The van der Waals surface area contributed by atoms with E-state index in [4.69, 9.17) is 0 Å². The number of nitrogens with zero attached hydrogens (tertiary/aromatic N) is 2. The fraction of sp³-hybridized carbons (Fsp3) is 0.200. The van der Waals surface area contributed by atoms with Gasteiger partial charge in [-0.25, -0.2) is 0 Å². The molecule has 19 heavy (non-hydrogen) atoms. The SMILES string of the molecule is CCNC(c1cncs1)c1cccc2cccnc12. The van der Waals surface area contributed by atoms with Gasteiger partial charge in [0.25, 0.3) is 0 Å². The van der Waals surface area contributed by atoms with Gasteiger partial charge in [0.1, 0.15) is 0 Å². The van der Waals surface area contributed by atoms with Gasteiger partial charge in [-0.15, -0.1) is 11.3 Å². The molecule has 0 aliphatic rings. The van der Waals surface area contributed by atoms with Crippen molar-refractivity contribution in [3.63, 3.8) is 0 Å². The third kappa shape index (κ3) is 2.37. The molecule has 0 aliphatic heterocycles. The zero-order valence-corrected chi connectivity index (χ0v) is 11.5. The van der Waals surface area contributed by atoms with Crippen LogP contribution in [0.5, 0.6) is 0 Å². The Morgan fingerprint density at radius 1 is 1.26 bits per heavy atom. The molecule has 2 heterocycles.